The molecule has 2 aromatic carbocycles. The van der Waals surface area contributed by atoms with Crippen LogP contribution in [0.4, 0.5) is 5.69 Å². The van der Waals surface area contributed by atoms with Crippen molar-refractivity contribution < 1.29 is 33.4 Å². The minimum Gasteiger partial charge on any atom is -0.465 e. The Kier molecular flexibility index (Phi) is 7.62. The molecule has 10 nitrogen and oxygen atoms in total. The second-order valence-corrected chi connectivity index (χ2v) is 7.44. The molecule has 0 saturated carbocycles. The highest BCUT2D eigenvalue weighted by Gasteiger charge is 2.36. The summed E-state index contributed by atoms with van der Waals surface area (Å²) >= 11 is 5.91. The van der Waals surface area contributed by atoms with E-state index in [0.29, 0.717) is 11.3 Å². The Balaban J connectivity index is 1.47. The Labute approximate surface area is 193 Å². The molecule has 0 bridgehead atoms. The number of hydrazine groups is 1. The molecule has 33 heavy (non-hydrogen) atoms. The molecule has 1 aliphatic heterocycles. The van der Waals surface area contributed by atoms with E-state index in [4.69, 9.17) is 16.3 Å². The number of hydrogen-bond donors (Lipinski definition) is 2. The number of esters is 2. The van der Waals surface area contributed by atoms with Crippen LogP contribution in [0.15, 0.2) is 48.5 Å². The van der Waals surface area contributed by atoms with E-state index in [-0.39, 0.29) is 29.5 Å². The molecule has 1 atom stereocenters. The first-order valence-corrected chi connectivity index (χ1v) is 10.2. The van der Waals surface area contributed by atoms with E-state index in [1.165, 1.54) is 36.3 Å². The summed E-state index contributed by atoms with van der Waals surface area (Å²) in [5.74, 6) is -3.66. The third-order valence-corrected chi connectivity index (χ3v) is 5.17. The summed E-state index contributed by atoms with van der Waals surface area (Å²) in [6.45, 7) is -0.569. The van der Waals surface area contributed by atoms with Crippen LogP contribution in [0.25, 0.3) is 0 Å². The summed E-state index contributed by atoms with van der Waals surface area (Å²) in [5.41, 5.74) is 5.32. The van der Waals surface area contributed by atoms with Crippen molar-refractivity contribution in [1.29, 1.82) is 0 Å². The number of carbonyl (C=O) groups is 5. The maximum absolute atomic E-state index is 12.3. The zero-order valence-electron chi connectivity index (χ0n) is 17.5. The van der Waals surface area contributed by atoms with Crippen molar-refractivity contribution in [2.75, 3.05) is 25.2 Å². The summed E-state index contributed by atoms with van der Waals surface area (Å²) in [4.78, 5) is 61.5. The second kappa shape index (κ2) is 10.6. The maximum atomic E-state index is 12.3. The van der Waals surface area contributed by atoms with Crippen LogP contribution in [0, 0.1) is 5.92 Å². The van der Waals surface area contributed by atoms with Crippen LogP contribution in [0.3, 0.4) is 0 Å². The first-order valence-electron chi connectivity index (χ1n) is 9.79. The predicted molar refractivity (Wildman–Crippen MR) is 116 cm³/mol. The van der Waals surface area contributed by atoms with E-state index in [0.717, 1.165) is 0 Å². The topological polar surface area (TPSA) is 131 Å². The average Bonchev–Trinajstić information content (AvgIpc) is 3.22. The standard InChI is InChI=1S/C22H20ClN3O7/c1-32-21(30)13-6-8-15(9-7-13)26-11-14(10-19(26)28)22(31)33-12-18(27)24-25-20(29)16-4-2-3-5-17(16)23/h2-9,14H,10-12H2,1H3,(H,24,27)(H,25,29)/t14-/m0/s1. The van der Waals surface area contributed by atoms with Crippen LogP contribution in [0.2, 0.25) is 5.02 Å². The van der Waals surface area contributed by atoms with Crippen molar-refractivity contribution >= 4 is 46.9 Å². The number of anilines is 1. The first-order chi connectivity index (χ1) is 15.8. The molecular formula is C22H20ClN3O7. The van der Waals surface area contributed by atoms with Crippen LogP contribution in [-0.2, 0) is 23.9 Å². The molecule has 1 aliphatic rings. The summed E-state index contributed by atoms with van der Waals surface area (Å²) in [5, 5.41) is 0.214. The smallest absolute Gasteiger partial charge is 0.337 e. The van der Waals surface area contributed by atoms with Gasteiger partial charge in [0.1, 0.15) is 0 Å². The molecule has 1 heterocycles. The molecule has 0 aromatic heterocycles. The molecule has 0 unspecified atom stereocenters. The van der Waals surface area contributed by atoms with Crippen LogP contribution >= 0.6 is 11.6 Å². The number of halogens is 1. The molecule has 2 N–H and O–H groups in total. The summed E-state index contributed by atoms with van der Waals surface area (Å²) in [6.07, 6.45) is -0.0809. The average molecular weight is 474 g/mol. The molecule has 2 aromatic rings. The minimum atomic E-state index is -0.761. The van der Waals surface area contributed by atoms with Gasteiger partial charge in [-0.1, -0.05) is 23.7 Å². The fourth-order valence-electron chi connectivity index (χ4n) is 3.14. The molecule has 1 saturated heterocycles. The van der Waals surface area contributed by atoms with Crippen molar-refractivity contribution in [1.82, 2.24) is 10.9 Å². The number of rotatable bonds is 6. The van der Waals surface area contributed by atoms with Gasteiger partial charge in [0, 0.05) is 18.7 Å². The van der Waals surface area contributed by atoms with E-state index >= 15 is 0 Å². The van der Waals surface area contributed by atoms with Gasteiger partial charge >= 0.3 is 11.9 Å². The summed E-state index contributed by atoms with van der Waals surface area (Å²) < 4.78 is 9.61. The third-order valence-electron chi connectivity index (χ3n) is 4.84. The third kappa shape index (κ3) is 5.86. The number of carbonyl (C=O) groups excluding carboxylic acids is 5. The molecule has 0 aliphatic carbocycles. The van der Waals surface area contributed by atoms with Gasteiger partial charge in [-0.3, -0.25) is 30.0 Å². The molecule has 0 spiro atoms. The lowest BCUT2D eigenvalue weighted by Gasteiger charge is -2.16. The van der Waals surface area contributed by atoms with Crippen molar-refractivity contribution in [3.63, 3.8) is 0 Å². The highest BCUT2D eigenvalue weighted by Crippen LogP contribution is 2.26. The highest BCUT2D eigenvalue weighted by atomic mass is 35.5. The molecule has 1 fully saturated rings. The van der Waals surface area contributed by atoms with Crippen molar-refractivity contribution in [2.24, 2.45) is 5.92 Å². The maximum Gasteiger partial charge on any atom is 0.337 e. The van der Waals surface area contributed by atoms with Gasteiger partial charge in [0.2, 0.25) is 5.91 Å². The molecule has 3 rings (SSSR count). The zero-order chi connectivity index (χ0) is 24.0. The van der Waals surface area contributed by atoms with Gasteiger partial charge in [-0.25, -0.2) is 4.79 Å². The predicted octanol–water partition coefficient (Wildman–Crippen LogP) is 1.48. The Morgan fingerprint density at radius 3 is 2.42 bits per heavy atom. The number of hydrogen-bond acceptors (Lipinski definition) is 7. The number of benzene rings is 2. The first kappa shape index (κ1) is 23.7. The van der Waals surface area contributed by atoms with Gasteiger partial charge < -0.3 is 14.4 Å². The van der Waals surface area contributed by atoms with Crippen LogP contribution in [-0.4, -0.2) is 49.9 Å². The quantitative estimate of drug-likeness (QED) is 0.480. The van der Waals surface area contributed by atoms with Crippen molar-refractivity contribution in [2.45, 2.75) is 6.42 Å². The lowest BCUT2D eigenvalue weighted by molar-refractivity contribution is -0.152. The number of ether oxygens (including phenoxy) is 2. The summed E-state index contributed by atoms with van der Waals surface area (Å²) in [6, 6.07) is 12.5. The van der Waals surface area contributed by atoms with Crippen molar-refractivity contribution in [3.8, 4) is 0 Å². The number of amides is 3. The minimum absolute atomic E-state index is 0.0695. The van der Waals surface area contributed by atoms with Gasteiger partial charge in [-0.2, -0.15) is 0 Å². The highest BCUT2D eigenvalue weighted by molar-refractivity contribution is 6.33. The van der Waals surface area contributed by atoms with Gasteiger partial charge in [0.25, 0.3) is 11.8 Å². The fourth-order valence-corrected chi connectivity index (χ4v) is 3.36. The molecule has 0 radical (unpaired) electrons. The van der Waals surface area contributed by atoms with E-state index in [2.05, 4.69) is 15.6 Å². The Morgan fingerprint density at radius 2 is 1.76 bits per heavy atom. The monoisotopic (exact) mass is 473 g/mol. The normalized spacial score (nSPS) is 15.0. The Bertz CT molecular complexity index is 1090. The van der Waals surface area contributed by atoms with Gasteiger partial charge in [-0.05, 0) is 36.4 Å². The Hall–Kier alpha value is -3.92. The summed E-state index contributed by atoms with van der Waals surface area (Å²) in [7, 11) is 1.27. The fraction of sp³-hybridized carbons (Fsp3) is 0.227. The van der Waals surface area contributed by atoms with Gasteiger partial charge in [0.15, 0.2) is 6.61 Å². The molecule has 172 valence electrons. The zero-order valence-corrected chi connectivity index (χ0v) is 18.3. The van der Waals surface area contributed by atoms with E-state index in [1.54, 1.807) is 24.3 Å². The molecule has 11 heteroatoms. The van der Waals surface area contributed by atoms with Gasteiger partial charge in [-0.15, -0.1) is 0 Å². The number of nitrogens with zero attached hydrogens (tertiary/aromatic N) is 1. The van der Waals surface area contributed by atoms with Gasteiger partial charge in [0.05, 0.1) is 29.2 Å². The van der Waals surface area contributed by atoms with E-state index in [9.17, 15) is 24.0 Å². The SMILES string of the molecule is COC(=O)c1ccc(N2C[C@@H](C(=O)OCC(=O)NNC(=O)c3ccccc3Cl)CC2=O)cc1. The number of nitrogens with one attached hydrogen (secondary N) is 2. The molecular weight excluding hydrogens is 454 g/mol. The van der Waals surface area contributed by atoms with Crippen LogP contribution in [0.5, 0.6) is 0 Å². The Morgan fingerprint density at radius 1 is 1.06 bits per heavy atom. The van der Waals surface area contributed by atoms with Crippen molar-refractivity contribution in [3.05, 3.63) is 64.7 Å². The van der Waals surface area contributed by atoms with Crippen LogP contribution < -0.4 is 15.8 Å². The number of methoxy groups -OCH3 is 1. The largest absolute Gasteiger partial charge is 0.465 e. The van der Waals surface area contributed by atoms with Crippen LogP contribution in [0.1, 0.15) is 27.1 Å². The second-order valence-electron chi connectivity index (χ2n) is 7.03. The lowest BCUT2D eigenvalue weighted by atomic mass is 10.1. The molecule has 3 amide bonds. The van der Waals surface area contributed by atoms with E-state index < -0.39 is 36.3 Å². The lowest BCUT2D eigenvalue weighted by Crippen LogP contribution is -2.44. The van der Waals surface area contributed by atoms with E-state index in [1.807, 2.05) is 0 Å².